The largest absolute Gasteiger partial charge is 0.442 e. The molecule has 48 heavy (non-hydrogen) atoms. The molecule has 4 heterocycles. The Bertz CT molecular complexity index is 1460. The Hall–Kier alpha value is -3.36. The average Bonchev–Trinajstić information content (AvgIpc) is 3.63. The van der Waals surface area contributed by atoms with Crippen LogP contribution in [0.5, 0.6) is 0 Å². The number of methoxy groups -OCH3 is 1. The first-order chi connectivity index (χ1) is 23.0. The number of fused-ring (bicyclic) bond motifs is 1. The van der Waals surface area contributed by atoms with Gasteiger partial charge in [-0.25, -0.2) is 9.78 Å². The fourth-order valence-corrected chi connectivity index (χ4v) is 9.16. The Morgan fingerprint density at radius 1 is 1.10 bits per heavy atom. The normalized spacial score (nSPS) is 26.4. The van der Waals surface area contributed by atoms with Crippen LogP contribution in [-0.4, -0.2) is 79.0 Å². The summed E-state index contributed by atoms with van der Waals surface area (Å²) >= 11 is 0. The first-order valence-corrected chi connectivity index (χ1v) is 17.5. The van der Waals surface area contributed by atoms with E-state index in [1.54, 1.807) is 12.0 Å². The Labute approximate surface area is 282 Å². The molecule has 5 atom stereocenters. The number of aryl methyl sites for hydroxylation is 2. The zero-order valence-corrected chi connectivity index (χ0v) is 28.6. The maximum Gasteiger partial charge on any atom is 0.416 e. The SMILES string of the molecule is CCCC[C@@H]1CN([C@@H](COC)c2ccc(C(F)(F)F)cc2)C(=O)OC12CCN(C1C[C@@H]3CN(c4c(C)cc(C#N)nc4C)C[C@@H]3C1)CC2. The summed E-state index contributed by atoms with van der Waals surface area (Å²) in [6.45, 7) is 10.7. The van der Waals surface area contributed by atoms with E-state index in [1.165, 1.54) is 17.8 Å². The van der Waals surface area contributed by atoms with Crippen molar-refractivity contribution in [2.24, 2.45) is 17.8 Å². The molecule has 1 unspecified atom stereocenters. The topological polar surface area (TPSA) is 81.9 Å². The van der Waals surface area contributed by atoms with Crippen molar-refractivity contribution >= 4 is 11.8 Å². The molecule has 4 fully saturated rings. The summed E-state index contributed by atoms with van der Waals surface area (Å²) in [4.78, 5) is 25.0. The number of piperidine rings is 1. The molecule has 0 radical (unpaired) electrons. The molecule has 260 valence electrons. The van der Waals surface area contributed by atoms with E-state index in [-0.39, 0.29) is 12.5 Å². The maximum absolute atomic E-state index is 13.7. The molecule has 1 aromatic heterocycles. The van der Waals surface area contributed by atoms with Crippen molar-refractivity contribution in [1.82, 2.24) is 14.8 Å². The van der Waals surface area contributed by atoms with Gasteiger partial charge in [-0.1, -0.05) is 31.9 Å². The second kappa shape index (κ2) is 13.9. The van der Waals surface area contributed by atoms with E-state index in [0.29, 0.717) is 35.7 Å². The van der Waals surface area contributed by atoms with Gasteiger partial charge < -0.3 is 19.3 Å². The standard InChI is InChI=1S/C37H48F3N5O3/c1-5-6-7-30-22-45(33(23-47-4)26-8-10-29(11-9-26)37(38,39)40)35(46)48-36(30)12-14-43(15-13-36)32-17-27-20-44(21-28(27)18-32)34-24(2)16-31(19-41)42-25(34)3/h8-11,16,27-28,30,32-33H,5-7,12-15,17-18,20-23H2,1-4H3/t27-,28+,30-,32?,33+/m1/s1. The van der Waals surface area contributed by atoms with E-state index >= 15 is 0 Å². The maximum atomic E-state index is 13.7. The van der Waals surface area contributed by atoms with Gasteiger partial charge in [-0.15, -0.1) is 0 Å². The molecule has 1 spiro atoms. The molecule has 1 amide bonds. The second-order valence-electron chi connectivity index (χ2n) is 14.5. The van der Waals surface area contributed by atoms with Crippen molar-refractivity contribution < 1.29 is 27.4 Å². The first kappa shape index (κ1) is 34.5. The molecule has 0 N–H and O–H groups in total. The Morgan fingerprint density at radius 3 is 2.33 bits per heavy atom. The molecule has 11 heteroatoms. The quantitative estimate of drug-likeness (QED) is 0.278. The minimum Gasteiger partial charge on any atom is -0.442 e. The predicted octanol–water partition coefficient (Wildman–Crippen LogP) is 7.28. The number of aromatic nitrogens is 1. The number of unbranched alkanes of at least 4 members (excludes halogenated alkanes) is 1. The van der Waals surface area contributed by atoms with Gasteiger partial charge in [0.25, 0.3) is 0 Å². The summed E-state index contributed by atoms with van der Waals surface area (Å²) in [5.74, 6) is 1.39. The highest BCUT2D eigenvalue weighted by molar-refractivity contribution is 5.70. The van der Waals surface area contributed by atoms with Gasteiger partial charge in [-0.2, -0.15) is 18.4 Å². The number of amides is 1. The van der Waals surface area contributed by atoms with Crippen molar-refractivity contribution in [3.8, 4) is 6.07 Å². The number of nitriles is 1. The smallest absolute Gasteiger partial charge is 0.416 e. The van der Waals surface area contributed by atoms with Gasteiger partial charge in [-0.3, -0.25) is 4.90 Å². The summed E-state index contributed by atoms with van der Waals surface area (Å²) in [5, 5.41) is 9.31. The molecule has 1 aliphatic carbocycles. The Balaban J connectivity index is 1.10. The van der Waals surface area contributed by atoms with Crippen molar-refractivity contribution in [3.05, 3.63) is 58.4 Å². The zero-order chi connectivity index (χ0) is 34.2. The number of ether oxygens (including phenoxy) is 2. The van der Waals surface area contributed by atoms with E-state index in [4.69, 9.17) is 9.47 Å². The van der Waals surface area contributed by atoms with E-state index in [0.717, 1.165) is 94.5 Å². The average molecular weight is 668 g/mol. The lowest BCUT2D eigenvalue weighted by atomic mass is 9.75. The summed E-state index contributed by atoms with van der Waals surface area (Å²) in [7, 11) is 1.54. The van der Waals surface area contributed by atoms with Gasteiger partial charge in [0.15, 0.2) is 0 Å². The molecule has 6 rings (SSSR count). The minimum absolute atomic E-state index is 0.134. The van der Waals surface area contributed by atoms with Gasteiger partial charge in [0.1, 0.15) is 17.4 Å². The number of carbonyl (C=O) groups excluding carboxylic acids is 1. The number of hydrogen-bond donors (Lipinski definition) is 0. The van der Waals surface area contributed by atoms with Crippen molar-refractivity contribution in [3.63, 3.8) is 0 Å². The lowest BCUT2D eigenvalue weighted by Gasteiger charge is -2.52. The third-order valence-electron chi connectivity index (χ3n) is 11.6. The third-order valence-corrected chi connectivity index (χ3v) is 11.6. The van der Waals surface area contributed by atoms with Crippen LogP contribution in [0.4, 0.5) is 23.7 Å². The number of hydrogen-bond acceptors (Lipinski definition) is 7. The van der Waals surface area contributed by atoms with Crippen LogP contribution < -0.4 is 4.90 Å². The molecule has 0 bridgehead atoms. The molecule has 1 aromatic carbocycles. The monoisotopic (exact) mass is 667 g/mol. The highest BCUT2D eigenvalue weighted by Crippen LogP contribution is 2.47. The predicted molar refractivity (Wildman–Crippen MR) is 176 cm³/mol. The number of nitrogens with zero attached hydrogens (tertiary/aromatic N) is 5. The number of alkyl halides is 3. The highest BCUT2D eigenvalue weighted by atomic mass is 19.4. The molecular formula is C37H48F3N5O3. The van der Waals surface area contributed by atoms with Gasteiger partial charge in [0.2, 0.25) is 0 Å². The molecule has 2 aromatic rings. The number of likely N-dealkylation sites (tertiary alicyclic amines) is 1. The summed E-state index contributed by atoms with van der Waals surface area (Å²) in [6.07, 6.45) is 2.07. The van der Waals surface area contributed by atoms with E-state index in [2.05, 4.69) is 34.7 Å². The van der Waals surface area contributed by atoms with Crippen LogP contribution >= 0.6 is 0 Å². The highest BCUT2D eigenvalue weighted by Gasteiger charge is 2.52. The second-order valence-corrected chi connectivity index (χ2v) is 14.5. The van der Waals surface area contributed by atoms with Crippen molar-refractivity contribution in [2.75, 3.05) is 51.3 Å². The Morgan fingerprint density at radius 2 is 1.77 bits per heavy atom. The van der Waals surface area contributed by atoms with Gasteiger partial charge >= 0.3 is 12.3 Å². The molecule has 3 aliphatic heterocycles. The molecule has 8 nitrogen and oxygen atoms in total. The van der Waals surface area contributed by atoms with Gasteiger partial charge in [0.05, 0.1) is 29.6 Å². The minimum atomic E-state index is -4.43. The van der Waals surface area contributed by atoms with Crippen LogP contribution in [0.3, 0.4) is 0 Å². The summed E-state index contributed by atoms with van der Waals surface area (Å²) in [5.41, 5.74) is 3.05. The van der Waals surface area contributed by atoms with Crippen LogP contribution in [0.2, 0.25) is 0 Å². The fourth-order valence-electron chi connectivity index (χ4n) is 9.16. The molecule has 3 saturated heterocycles. The number of halogens is 3. The van der Waals surface area contributed by atoms with Crippen LogP contribution in [0.15, 0.2) is 30.3 Å². The molecular weight excluding hydrogens is 619 g/mol. The van der Waals surface area contributed by atoms with E-state index in [9.17, 15) is 23.2 Å². The van der Waals surface area contributed by atoms with Crippen molar-refractivity contribution in [2.45, 2.75) is 89.6 Å². The molecule has 4 aliphatic rings. The van der Waals surface area contributed by atoms with Crippen LogP contribution in [0, 0.1) is 42.9 Å². The molecule has 1 saturated carbocycles. The van der Waals surface area contributed by atoms with E-state index in [1.807, 2.05) is 13.0 Å². The number of anilines is 1. The first-order valence-electron chi connectivity index (χ1n) is 17.5. The lowest BCUT2D eigenvalue weighted by molar-refractivity contribution is -0.138. The zero-order valence-electron chi connectivity index (χ0n) is 28.6. The van der Waals surface area contributed by atoms with Gasteiger partial charge in [-0.05, 0) is 74.3 Å². The van der Waals surface area contributed by atoms with Crippen LogP contribution in [-0.2, 0) is 15.7 Å². The number of pyridine rings is 1. The van der Waals surface area contributed by atoms with Gasteiger partial charge in [0, 0.05) is 64.6 Å². The Kier molecular flexibility index (Phi) is 9.97. The number of benzene rings is 1. The summed E-state index contributed by atoms with van der Waals surface area (Å²) < 4.78 is 51.7. The fraction of sp³-hybridized carbons (Fsp3) is 0.649. The summed E-state index contributed by atoms with van der Waals surface area (Å²) in [6, 6.07) is 9.09. The van der Waals surface area contributed by atoms with Crippen LogP contribution in [0.1, 0.15) is 86.0 Å². The number of carbonyl (C=O) groups is 1. The lowest BCUT2D eigenvalue weighted by Crippen LogP contribution is -2.61. The van der Waals surface area contributed by atoms with Crippen LogP contribution in [0.25, 0.3) is 0 Å². The van der Waals surface area contributed by atoms with Crippen molar-refractivity contribution in [1.29, 1.82) is 5.26 Å². The third kappa shape index (κ3) is 6.75. The van der Waals surface area contributed by atoms with E-state index < -0.39 is 29.5 Å². The number of rotatable bonds is 9.